The van der Waals surface area contributed by atoms with Crippen molar-refractivity contribution in [1.29, 1.82) is 0 Å². The van der Waals surface area contributed by atoms with E-state index in [2.05, 4.69) is 0 Å². The van der Waals surface area contributed by atoms with E-state index in [1.54, 1.807) is 6.08 Å². The van der Waals surface area contributed by atoms with E-state index in [0.717, 1.165) is 18.4 Å². The van der Waals surface area contributed by atoms with Crippen LogP contribution in [0, 0.1) is 0 Å². The molecule has 0 aromatic rings. The summed E-state index contributed by atoms with van der Waals surface area (Å²) in [5.41, 5.74) is 0.743. The van der Waals surface area contributed by atoms with E-state index >= 15 is 0 Å². The van der Waals surface area contributed by atoms with Gasteiger partial charge in [-0.2, -0.15) is 0 Å². The second-order valence-electron chi connectivity index (χ2n) is 3.86. The zero-order chi connectivity index (χ0) is 13.9. The average molecular weight is 280 g/mol. The molecule has 1 N–H and O–H groups in total. The SMILES string of the molecule is CC=C(CO)COCP(=O)(OCCC)OCCC. The molecule has 0 bridgehead atoms. The summed E-state index contributed by atoms with van der Waals surface area (Å²) < 4.78 is 28.0. The third-order valence-corrected chi connectivity index (χ3v) is 3.78. The van der Waals surface area contributed by atoms with Crippen LogP contribution in [-0.2, 0) is 18.3 Å². The minimum atomic E-state index is -3.16. The van der Waals surface area contributed by atoms with Crippen molar-refractivity contribution >= 4 is 7.60 Å². The monoisotopic (exact) mass is 280 g/mol. The van der Waals surface area contributed by atoms with Crippen LogP contribution in [0.5, 0.6) is 0 Å². The van der Waals surface area contributed by atoms with Crippen molar-refractivity contribution in [2.24, 2.45) is 0 Å². The summed E-state index contributed by atoms with van der Waals surface area (Å²) in [6.07, 6.45) is 3.24. The van der Waals surface area contributed by atoms with Gasteiger partial charge in [-0.1, -0.05) is 19.9 Å². The number of aliphatic hydroxyl groups is 1. The van der Waals surface area contributed by atoms with Crippen molar-refractivity contribution in [3.63, 3.8) is 0 Å². The standard InChI is InChI=1S/C12H25O5P/c1-4-7-16-18(14,17-8-5-2)11-15-10-12(6-3)9-13/h6,13H,4-5,7-11H2,1-3H3. The molecule has 0 fully saturated rings. The Kier molecular flexibility index (Phi) is 10.6. The van der Waals surface area contributed by atoms with Crippen LogP contribution in [-0.4, -0.2) is 37.9 Å². The molecule has 5 nitrogen and oxygen atoms in total. The van der Waals surface area contributed by atoms with Gasteiger partial charge in [0.2, 0.25) is 0 Å². The lowest BCUT2D eigenvalue weighted by atomic mass is 10.3. The van der Waals surface area contributed by atoms with Gasteiger partial charge >= 0.3 is 7.60 Å². The molecule has 0 aliphatic rings. The number of allylic oxidation sites excluding steroid dienone is 1. The highest BCUT2D eigenvalue weighted by Crippen LogP contribution is 2.48. The molecule has 0 rings (SSSR count). The maximum atomic E-state index is 12.2. The fourth-order valence-corrected chi connectivity index (χ4v) is 2.54. The Hall–Kier alpha value is -0.190. The van der Waals surface area contributed by atoms with Crippen LogP contribution in [0.1, 0.15) is 33.6 Å². The smallest absolute Gasteiger partial charge is 0.356 e. The molecule has 0 heterocycles. The second kappa shape index (κ2) is 10.7. The van der Waals surface area contributed by atoms with Gasteiger partial charge in [-0.25, -0.2) is 0 Å². The molecule has 0 saturated heterocycles. The molecule has 0 aromatic carbocycles. The minimum absolute atomic E-state index is 0.0631. The lowest BCUT2D eigenvalue weighted by molar-refractivity contribution is 0.135. The number of hydrogen-bond acceptors (Lipinski definition) is 5. The van der Waals surface area contributed by atoms with Crippen molar-refractivity contribution in [2.75, 3.05) is 32.8 Å². The van der Waals surface area contributed by atoms with Gasteiger partial charge in [0, 0.05) is 0 Å². The van der Waals surface area contributed by atoms with Gasteiger partial charge in [0.05, 0.1) is 26.4 Å². The van der Waals surface area contributed by atoms with Gasteiger partial charge < -0.3 is 18.9 Å². The van der Waals surface area contributed by atoms with Gasteiger partial charge in [-0.05, 0) is 25.3 Å². The Balaban J connectivity index is 4.19. The first-order valence-electron chi connectivity index (χ1n) is 6.32. The number of hydrogen-bond donors (Lipinski definition) is 1. The third kappa shape index (κ3) is 8.01. The maximum Gasteiger partial charge on any atom is 0.356 e. The Bertz CT molecular complexity index is 266. The van der Waals surface area contributed by atoms with Crippen molar-refractivity contribution in [2.45, 2.75) is 33.6 Å². The average Bonchev–Trinajstić information content (AvgIpc) is 2.39. The Morgan fingerprint density at radius 2 is 1.78 bits per heavy atom. The zero-order valence-electron chi connectivity index (χ0n) is 11.6. The molecule has 108 valence electrons. The van der Waals surface area contributed by atoms with Gasteiger partial charge in [0.25, 0.3) is 0 Å². The molecule has 0 spiro atoms. The molecule has 0 saturated carbocycles. The van der Waals surface area contributed by atoms with Crippen LogP contribution in [0.15, 0.2) is 11.6 Å². The Morgan fingerprint density at radius 1 is 1.22 bits per heavy atom. The molecule has 0 unspecified atom stereocenters. The number of rotatable bonds is 11. The van der Waals surface area contributed by atoms with E-state index in [0.29, 0.717) is 13.2 Å². The summed E-state index contributed by atoms with van der Waals surface area (Å²) in [4.78, 5) is 0. The molecule has 18 heavy (non-hydrogen) atoms. The van der Waals surface area contributed by atoms with E-state index < -0.39 is 7.60 Å². The number of ether oxygens (including phenoxy) is 1. The van der Waals surface area contributed by atoms with Crippen LogP contribution >= 0.6 is 7.60 Å². The lowest BCUT2D eigenvalue weighted by Gasteiger charge is -2.18. The predicted molar refractivity (Wildman–Crippen MR) is 71.8 cm³/mol. The fraction of sp³-hybridized carbons (Fsp3) is 0.833. The third-order valence-electron chi connectivity index (χ3n) is 2.13. The Labute approximate surface area is 110 Å². The highest BCUT2D eigenvalue weighted by Gasteiger charge is 2.24. The van der Waals surface area contributed by atoms with Crippen LogP contribution in [0.4, 0.5) is 0 Å². The molecule has 0 amide bonds. The topological polar surface area (TPSA) is 65.0 Å². The van der Waals surface area contributed by atoms with E-state index in [9.17, 15) is 4.57 Å². The summed E-state index contributed by atoms with van der Waals surface area (Å²) in [7, 11) is -3.16. The van der Waals surface area contributed by atoms with Gasteiger partial charge in [0.15, 0.2) is 0 Å². The van der Waals surface area contributed by atoms with Gasteiger partial charge in [-0.3, -0.25) is 4.57 Å². The highest BCUT2D eigenvalue weighted by atomic mass is 31.2. The molecule has 0 aromatic heterocycles. The maximum absolute atomic E-state index is 12.2. The largest absolute Gasteiger partial charge is 0.392 e. The minimum Gasteiger partial charge on any atom is -0.392 e. The molecular formula is C12H25O5P. The van der Waals surface area contributed by atoms with E-state index in [-0.39, 0.29) is 19.6 Å². The molecule has 0 radical (unpaired) electrons. The highest BCUT2D eigenvalue weighted by molar-refractivity contribution is 7.53. The number of aliphatic hydroxyl groups excluding tert-OH is 1. The first-order valence-corrected chi connectivity index (χ1v) is 8.05. The van der Waals surface area contributed by atoms with E-state index in [1.165, 1.54) is 0 Å². The van der Waals surface area contributed by atoms with Gasteiger partial charge in [-0.15, -0.1) is 0 Å². The van der Waals surface area contributed by atoms with E-state index in [1.807, 2.05) is 20.8 Å². The van der Waals surface area contributed by atoms with Gasteiger partial charge in [0.1, 0.15) is 6.35 Å². The second-order valence-corrected chi connectivity index (χ2v) is 5.86. The van der Waals surface area contributed by atoms with Crippen molar-refractivity contribution < 1.29 is 23.5 Å². The predicted octanol–water partition coefficient (Wildman–Crippen LogP) is 2.95. The quantitative estimate of drug-likeness (QED) is 0.465. The summed E-state index contributed by atoms with van der Waals surface area (Å²) >= 11 is 0. The van der Waals surface area contributed by atoms with Crippen molar-refractivity contribution in [3.05, 3.63) is 11.6 Å². The summed E-state index contributed by atoms with van der Waals surface area (Å²) in [6, 6.07) is 0. The summed E-state index contributed by atoms with van der Waals surface area (Å²) in [5.74, 6) is 0. The van der Waals surface area contributed by atoms with Crippen molar-refractivity contribution in [3.8, 4) is 0 Å². The van der Waals surface area contributed by atoms with Crippen LogP contribution in [0.3, 0.4) is 0 Å². The normalized spacial score (nSPS) is 13.0. The van der Waals surface area contributed by atoms with Crippen LogP contribution in [0.25, 0.3) is 0 Å². The van der Waals surface area contributed by atoms with Crippen LogP contribution in [0.2, 0.25) is 0 Å². The summed E-state index contributed by atoms with van der Waals surface area (Å²) in [5, 5.41) is 8.96. The van der Waals surface area contributed by atoms with Crippen molar-refractivity contribution in [1.82, 2.24) is 0 Å². The molecule has 6 heteroatoms. The fourth-order valence-electron chi connectivity index (χ4n) is 1.08. The Morgan fingerprint density at radius 3 is 2.17 bits per heavy atom. The molecule has 0 atom stereocenters. The first kappa shape index (κ1) is 17.8. The lowest BCUT2D eigenvalue weighted by Crippen LogP contribution is -2.08. The first-order chi connectivity index (χ1) is 8.61. The molecule has 0 aliphatic heterocycles. The van der Waals surface area contributed by atoms with E-state index in [4.69, 9.17) is 18.9 Å². The summed E-state index contributed by atoms with van der Waals surface area (Å²) in [6.45, 7) is 6.65. The zero-order valence-corrected chi connectivity index (χ0v) is 12.4. The van der Waals surface area contributed by atoms with Crippen LogP contribution < -0.4 is 0 Å². The molecule has 0 aliphatic carbocycles. The molecular weight excluding hydrogens is 255 g/mol.